The lowest BCUT2D eigenvalue weighted by molar-refractivity contribution is 0.194. The molecule has 1 aromatic carbocycles. The zero-order chi connectivity index (χ0) is 11.8. The van der Waals surface area contributed by atoms with Gasteiger partial charge in [-0.3, -0.25) is 0 Å². The first-order chi connectivity index (χ1) is 7.60. The van der Waals surface area contributed by atoms with Crippen molar-refractivity contribution in [3.05, 3.63) is 23.8 Å². The van der Waals surface area contributed by atoms with E-state index in [9.17, 15) is 0 Å². The summed E-state index contributed by atoms with van der Waals surface area (Å²) in [5, 5.41) is 0. The summed E-state index contributed by atoms with van der Waals surface area (Å²) in [5.41, 5.74) is 9.92. The molecular formula is C14H22N2. The van der Waals surface area contributed by atoms with E-state index in [2.05, 4.69) is 37.8 Å². The van der Waals surface area contributed by atoms with Gasteiger partial charge >= 0.3 is 0 Å². The second-order valence-electron chi connectivity index (χ2n) is 5.11. The average molecular weight is 218 g/mol. The molecule has 0 bridgehead atoms. The molecule has 88 valence electrons. The number of hydrogen-bond donors (Lipinski definition) is 1. The Bertz CT molecular complexity index is 372. The van der Waals surface area contributed by atoms with E-state index in [4.69, 9.17) is 5.73 Å². The topological polar surface area (TPSA) is 29.3 Å². The molecule has 2 rings (SSSR count). The molecule has 16 heavy (non-hydrogen) atoms. The molecule has 0 radical (unpaired) electrons. The minimum atomic E-state index is 0.553. The number of hydrogen-bond acceptors (Lipinski definition) is 2. The number of rotatable bonds is 3. The van der Waals surface area contributed by atoms with Gasteiger partial charge in [0.2, 0.25) is 0 Å². The molecule has 0 unspecified atom stereocenters. The maximum atomic E-state index is 5.85. The first kappa shape index (κ1) is 11.3. The quantitative estimate of drug-likeness (QED) is 0.789. The first-order valence-corrected chi connectivity index (χ1v) is 6.21. The van der Waals surface area contributed by atoms with Gasteiger partial charge in [0.25, 0.3) is 0 Å². The molecule has 0 spiro atoms. The monoisotopic (exact) mass is 218 g/mol. The van der Waals surface area contributed by atoms with Crippen LogP contribution >= 0.6 is 0 Å². The van der Waals surface area contributed by atoms with Gasteiger partial charge in [-0.1, -0.05) is 19.9 Å². The van der Waals surface area contributed by atoms with E-state index < -0.39 is 0 Å². The third-order valence-electron chi connectivity index (χ3n) is 4.13. The van der Waals surface area contributed by atoms with Crippen LogP contribution in [0.4, 0.5) is 11.4 Å². The Kier molecular flexibility index (Phi) is 2.83. The summed E-state index contributed by atoms with van der Waals surface area (Å²) in [4.78, 5) is 2.46. The number of anilines is 2. The van der Waals surface area contributed by atoms with Crippen LogP contribution in [0.25, 0.3) is 0 Å². The molecule has 1 fully saturated rings. The van der Waals surface area contributed by atoms with Crippen LogP contribution in [-0.2, 0) is 0 Å². The van der Waals surface area contributed by atoms with Crippen LogP contribution in [-0.4, -0.2) is 13.1 Å². The highest BCUT2D eigenvalue weighted by atomic mass is 15.2. The van der Waals surface area contributed by atoms with Crippen molar-refractivity contribution < 1.29 is 0 Å². The van der Waals surface area contributed by atoms with E-state index in [1.807, 2.05) is 6.07 Å². The van der Waals surface area contributed by atoms with Gasteiger partial charge in [-0.25, -0.2) is 0 Å². The Labute approximate surface area is 98.4 Å². The predicted octanol–water partition coefficient (Wildman–Crippen LogP) is 3.20. The molecule has 1 aliphatic rings. The lowest BCUT2D eigenvalue weighted by Crippen LogP contribution is -2.56. The molecule has 0 saturated carbocycles. The lowest BCUT2D eigenvalue weighted by Gasteiger charge is -2.51. The Morgan fingerprint density at radius 1 is 1.25 bits per heavy atom. The van der Waals surface area contributed by atoms with Crippen LogP contribution in [0, 0.1) is 12.3 Å². The summed E-state index contributed by atoms with van der Waals surface area (Å²) >= 11 is 0. The summed E-state index contributed by atoms with van der Waals surface area (Å²) in [6, 6.07) is 6.19. The van der Waals surface area contributed by atoms with Crippen LogP contribution in [0.5, 0.6) is 0 Å². The van der Waals surface area contributed by atoms with Crippen molar-refractivity contribution in [3.8, 4) is 0 Å². The molecule has 1 aromatic rings. The smallest absolute Gasteiger partial charge is 0.0416 e. The fourth-order valence-corrected chi connectivity index (χ4v) is 2.60. The fourth-order valence-electron chi connectivity index (χ4n) is 2.60. The Hall–Kier alpha value is -1.18. The number of nitrogen functional groups attached to an aromatic ring is 1. The van der Waals surface area contributed by atoms with Crippen molar-refractivity contribution in [1.82, 2.24) is 0 Å². The van der Waals surface area contributed by atoms with Crippen LogP contribution < -0.4 is 10.6 Å². The van der Waals surface area contributed by atoms with E-state index in [0.29, 0.717) is 5.41 Å². The van der Waals surface area contributed by atoms with Gasteiger partial charge in [0.15, 0.2) is 0 Å². The van der Waals surface area contributed by atoms with Crippen LogP contribution in [0.2, 0.25) is 0 Å². The SMILES string of the molecule is CCC1(CC)CN(c2cc(N)ccc2C)C1. The van der Waals surface area contributed by atoms with E-state index >= 15 is 0 Å². The van der Waals surface area contributed by atoms with Crippen molar-refractivity contribution in [1.29, 1.82) is 0 Å². The van der Waals surface area contributed by atoms with Crippen molar-refractivity contribution in [2.24, 2.45) is 5.41 Å². The van der Waals surface area contributed by atoms with Gasteiger partial charge < -0.3 is 10.6 Å². The molecule has 1 heterocycles. The Morgan fingerprint density at radius 3 is 2.44 bits per heavy atom. The van der Waals surface area contributed by atoms with Crippen molar-refractivity contribution in [2.45, 2.75) is 33.6 Å². The Balaban J connectivity index is 2.14. The van der Waals surface area contributed by atoms with Crippen molar-refractivity contribution in [2.75, 3.05) is 23.7 Å². The third-order valence-corrected chi connectivity index (χ3v) is 4.13. The highest BCUT2D eigenvalue weighted by molar-refractivity contribution is 5.62. The molecule has 0 atom stereocenters. The minimum Gasteiger partial charge on any atom is -0.399 e. The van der Waals surface area contributed by atoms with Gasteiger partial charge in [0.1, 0.15) is 0 Å². The zero-order valence-electron chi connectivity index (χ0n) is 10.6. The van der Waals surface area contributed by atoms with E-state index in [0.717, 1.165) is 5.69 Å². The summed E-state index contributed by atoms with van der Waals surface area (Å²) < 4.78 is 0. The minimum absolute atomic E-state index is 0.553. The molecule has 0 amide bonds. The normalized spacial score (nSPS) is 18.3. The van der Waals surface area contributed by atoms with Gasteiger partial charge in [-0.15, -0.1) is 0 Å². The molecular weight excluding hydrogens is 196 g/mol. The number of nitrogens with two attached hydrogens (primary N) is 1. The molecule has 0 aromatic heterocycles. The number of benzene rings is 1. The summed E-state index contributed by atoms with van der Waals surface area (Å²) in [5.74, 6) is 0. The third kappa shape index (κ3) is 1.77. The van der Waals surface area contributed by atoms with Gasteiger partial charge in [-0.05, 0) is 37.5 Å². The maximum absolute atomic E-state index is 5.85. The van der Waals surface area contributed by atoms with Crippen LogP contribution in [0.15, 0.2) is 18.2 Å². The molecule has 1 aliphatic heterocycles. The zero-order valence-corrected chi connectivity index (χ0v) is 10.6. The molecule has 1 saturated heterocycles. The average Bonchev–Trinajstić information content (AvgIpc) is 2.23. The highest BCUT2D eigenvalue weighted by Gasteiger charge is 2.40. The molecule has 2 nitrogen and oxygen atoms in total. The first-order valence-electron chi connectivity index (χ1n) is 6.21. The lowest BCUT2D eigenvalue weighted by atomic mass is 9.75. The van der Waals surface area contributed by atoms with E-state index in [-0.39, 0.29) is 0 Å². The van der Waals surface area contributed by atoms with Crippen molar-refractivity contribution >= 4 is 11.4 Å². The largest absolute Gasteiger partial charge is 0.399 e. The predicted molar refractivity (Wildman–Crippen MR) is 70.8 cm³/mol. The van der Waals surface area contributed by atoms with Crippen molar-refractivity contribution in [3.63, 3.8) is 0 Å². The van der Waals surface area contributed by atoms with Gasteiger partial charge in [0, 0.05) is 29.9 Å². The van der Waals surface area contributed by atoms with Crippen LogP contribution in [0.3, 0.4) is 0 Å². The standard InChI is InChI=1S/C14H22N2/c1-4-14(5-2)9-16(10-14)13-8-12(15)7-6-11(13)3/h6-8H,4-5,9-10,15H2,1-3H3. The van der Waals surface area contributed by atoms with Crippen LogP contribution in [0.1, 0.15) is 32.3 Å². The molecule has 2 N–H and O–H groups in total. The maximum Gasteiger partial charge on any atom is 0.0416 e. The molecule has 0 aliphatic carbocycles. The summed E-state index contributed by atoms with van der Waals surface area (Å²) in [6.45, 7) is 9.13. The van der Waals surface area contributed by atoms with E-state index in [1.165, 1.54) is 37.2 Å². The highest BCUT2D eigenvalue weighted by Crippen LogP contribution is 2.41. The van der Waals surface area contributed by atoms with Gasteiger partial charge in [0.05, 0.1) is 0 Å². The number of nitrogens with zero attached hydrogens (tertiary/aromatic N) is 1. The van der Waals surface area contributed by atoms with Gasteiger partial charge in [-0.2, -0.15) is 0 Å². The second kappa shape index (κ2) is 4.00. The summed E-state index contributed by atoms with van der Waals surface area (Å²) in [6.07, 6.45) is 2.56. The van der Waals surface area contributed by atoms with E-state index in [1.54, 1.807) is 0 Å². The molecule has 2 heteroatoms. The Morgan fingerprint density at radius 2 is 1.88 bits per heavy atom. The number of aryl methyl sites for hydroxylation is 1. The summed E-state index contributed by atoms with van der Waals surface area (Å²) in [7, 11) is 0. The second-order valence-corrected chi connectivity index (χ2v) is 5.11. The fraction of sp³-hybridized carbons (Fsp3) is 0.571.